The lowest BCUT2D eigenvalue weighted by Crippen LogP contribution is -2.56. The molecule has 1 heterocycles. The van der Waals surface area contributed by atoms with E-state index in [1.54, 1.807) is 36.4 Å². The lowest BCUT2D eigenvalue weighted by molar-refractivity contribution is -0.141. The van der Waals surface area contributed by atoms with Crippen LogP contribution < -0.4 is 20.7 Å². The molecule has 0 saturated carbocycles. The second-order valence-corrected chi connectivity index (χ2v) is 12.1. The first-order chi connectivity index (χ1) is 25.6. The lowest BCUT2D eigenvalue weighted by Gasteiger charge is -2.24. The van der Waals surface area contributed by atoms with Gasteiger partial charge in [0.25, 0.3) is 0 Å². The number of ether oxygens (including phenoxy) is 2. The molecule has 5 aromatic rings. The molecule has 0 radical (unpaired) electrons. The van der Waals surface area contributed by atoms with Crippen molar-refractivity contribution in [1.29, 1.82) is 0 Å². The molecule has 0 aliphatic carbocycles. The maximum atomic E-state index is 13.6. The summed E-state index contributed by atoms with van der Waals surface area (Å²) < 4.78 is 11.4. The van der Waals surface area contributed by atoms with Gasteiger partial charge in [0.05, 0.1) is 6.33 Å². The third kappa shape index (κ3) is 13.5. The maximum absolute atomic E-state index is 13.6. The molecule has 0 fully saturated rings. The highest BCUT2D eigenvalue weighted by molar-refractivity contribution is 5.93. The number of aryl methyl sites for hydroxylation is 1. The van der Waals surface area contributed by atoms with Crippen molar-refractivity contribution in [1.82, 2.24) is 25.9 Å². The van der Waals surface area contributed by atoms with Crippen molar-refractivity contribution in [2.24, 2.45) is 0 Å². The molecule has 0 aliphatic rings. The summed E-state index contributed by atoms with van der Waals surface area (Å²) in [5.74, 6) is -2.17. The number of aromatic hydroxyl groups is 1. The van der Waals surface area contributed by atoms with E-state index in [1.807, 2.05) is 48.5 Å². The van der Waals surface area contributed by atoms with Crippen molar-refractivity contribution in [3.8, 4) is 11.5 Å². The molecule has 5 rings (SSSR count). The number of H-pyrrole nitrogens is 1. The second kappa shape index (κ2) is 20.3. The molecule has 0 aliphatic heterocycles. The van der Waals surface area contributed by atoms with Crippen LogP contribution in [0.5, 0.6) is 11.5 Å². The Labute approximate surface area is 307 Å². The predicted octanol–water partition coefficient (Wildman–Crippen LogP) is 4.84. The molecule has 3 atom stereocenters. The first-order valence-electron chi connectivity index (χ1n) is 16.9. The van der Waals surface area contributed by atoms with Crippen molar-refractivity contribution >= 4 is 23.9 Å². The Morgan fingerprint density at radius 1 is 0.736 bits per heavy atom. The highest BCUT2D eigenvalue weighted by Crippen LogP contribution is 2.20. The van der Waals surface area contributed by atoms with E-state index in [0.717, 1.165) is 5.56 Å². The number of carboxylic acid groups (broad SMARTS) is 1. The van der Waals surface area contributed by atoms with Gasteiger partial charge in [-0.15, -0.1) is 0 Å². The van der Waals surface area contributed by atoms with Gasteiger partial charge < -0.3 is 40.6 Å². The predicted molar refractivity (Wildman–Crippen MR) is 197 cm³/mol. The summed E-state index contributed by atoms with van der Waals surface area (Å²) in [5.41, 5.74) is 4.02. The molecule has 13 nitrogen and oxygen atoms in total. The highest BCUT2D eigenvalue weighted by atomic mass is 16.5. The number of phenols is 1. The Morgan fingerprint density at radius 3 is 1.98 bits per heavy atom. The van der Waals surface area contributed by atoms with Gasteiger partial charge in [0, 0.05) is 30.3 Å². The van der Waals surface area contributed by atoms with E-state index in [4.69, 9.17) is 9.47 Å². The molecular weight excluding hydrogens is 678 g/mol. The number of para-hydroxylation sites is 1. The van der Waals surface area contributed by atoms with Gasteiger partial charge in [0.2, 0.25) is 11.8 Å². The van der Waals surface area contributed by atoms with Gasteiger partial charge in [-0.25, -0.2) is 9.78 Å². The van der Waals surface area contributed by atoms with Gasteiger partial charge in [0.15, 0.2) is 0 Å². The number of aromatic nitrogens is 2. The number of carbonyl (C=O) groups excluding carboxylic acids is 3. The van der Waals surface area contributed by atoms with E-state index in [0.29, 0.717) is 29.2 Å². The van der Waals surface area contributed by atoms with Gasteiger partial charge in [-0.2, -0.15) is 0 Å². The molecule has 4 aromatic carbocycles. The smallest absolute Gasteiger partial charge is 0.408 e. The molecule has 6 N–H and O–H groups in total. The van der Waals surface area contributed by atoms with Crippen LogP contribution in [-0.4, -0.2) is 62.2 Å². The van der Waals surface area contributed by atoms with E-state index in [9.17, 15) is 29.4 Å². The van der Waals surface area contributed by atoms with Crippen LogP contribution in [0.3, 0.4) is 0 Å². The number of alkyl carbamates (subject to hydrolysis) is 1. The number of imidazole rings is 1. The van der Waals surface area contributed by atoms with Crippen molar-refractivity contribution in [3.63, 3.8) is 0 Å². The van der Waals surface area contributed by atoms with E-state index < -0.39 is 42.0 Å². The number of amides is 3. The van der Waals surface area contributed by atoms with Crippen LogP contribution in [0.2, 0.25) is 0 Å². The fourth-order valence-electron chi connectivity index (χ4n) is 4.91. The van der Waals surface area contributed by atoms with E-state index in [1.165, 1.54) is 37.1 Å². The molecule has 1 aromatic heterocycles. The fourth-order valence-corrected chi connectivity index (χ4v) is 4.91. The van der Waals surface area contributed by atoms with Gasteiger partial charge in [-0.05, 0) is 43.2 Å². The minimum absolute atomic E-state index is 0.0148. The zero-order valence-corrected chi connectivity index (χ0v) is 29.4. The average Bonchev–Trinajstić information content (AvgIpc) is 3.68. The van der Waals surface area contributed by atoms with Gasteiger partial charge in [-0.3, -0.25) is 14.4 Å². The number of nitrogens with one attached hydrogen (secondary N) is 4. The minimum Gasteiger partial charge on any atom is -0.508 e. The molecular formula is C40H43N5O8. The first-order valence-corrected chi connectivity index (χ1v) is 16.9. The summed E-state index contributed by atoms with van der Waals surface area (Å²) in [6, 6.07) is 29.3. The summed E-state index contributed by atoms with van der Waals surface area (Å²) >= 11 is 0. The quantitative estimate of drug-likeness (QED) is 0.0878. The van der Waals surface area contributed by atoms with Crippen molar-refractivity contribution in [2.75, 3.05) is 0 Å². The minimum atomic E-state index is -1.25. The molecule has 0 saturated heterocycles. The maximum Gasteiger partial charge on any atom is 0.408 e. The third-order valence-corrected chi connectivity index (χ3v) is 7.83. The Bertz CT molecular complexity index is 1890. The van der Waals surface area contributed by atoms with Crippen LogP contribution in [-0.2, 0) is 45.2 Å². The molecule has 0 spiro atoms. The number of nitrogens with zero attached hydrogens (tertiary/aromatic N) is 1. The van der Waals surface area contributed by atoms with Crippen LogP contribution in [0.4, 0.5) is 4.79 Å². The van der Waals surface area contributed by atoms with Crippen LogP contribution in [0, 0.1) is 6.92 Å². The summed E-state index contributed by atoms with van der Waals surface area (Å²) in [5, 5.41) is 26.4. The van der Waals surface area contributed by atoms with Gasteiger partial charge in [0.1, 0.15) is 42.8 Å². The SMILES string of the molecule is C[C@H](NC(=O)[C@H](Cc1ccc(O)cc1)NC(=O)[C@@H](Cc1cnc[nH]1)NC(=O)OCc1ccccc1OCc1ccccc1)C(=O)O.Cc1ccccc1. The number of phenolic OH excluding ortho intramolecular Hbond substituents is 1. The molecule has 0 unspecified atom stereocenters. The fraction of sp³-hybridized carbons (Fsp3) is 0.225. The largest absolute Gasteiger partial charge is 0.508 e. The Morgan fingerprint density at radius 2 is 1.36 bits per heavy atom. The summed E-state index contributed by atoms with van der Waals surface area (Å²) in [6.07, 6.45) is 1.98. The van der Waals surface area contributed by atoms with Crippen LogP contribution >= 0.6 is 0 Å². The van der Waals surface area contributed by atoms with E-state index >= 15 is 0 Å². The number of aliphatic carboxylic acids is 1. The monoisotopic (exact) mass is 721 g/mol. The van der Waals surface area contributed by atoms with Crippen LogP contribution in [0.25, 0.3) is 0 Å². The molecule has 13 heteroatoms. The molecule has 3 amide bonds. The summed E-state index contributed by atoms with van der Waals surface area (Å²) in [7, 11) is 0. The second-order valence-electron chi connectivity index (χ2n) is 12.1. The Kier molecular flexibility index (Phi) is 15.0. The first kappa shape index (κ1) is 39.2. The Balaban J connectivity index is 0.000000801. The van der Waals surface area contributed by atoms with E-state index in [-0.39, 0.29) is 25.2 Å². The number of hydrogen-bond donors (Lipinski definition) is 6. The standard InChI is InChI=1S/C33H35N5O8.C7H8/c1-21(32(42)43)36-30(40)27(15-22-11-13-26(39)14-12-22)37-31(41)28(16-25-17-34-20-35-25)38-33(44)46-19-24-9-5-6-10-29(24)45-18-23-7-3-2-4-8-23;1-7-5-3-2-4-6-7/h2-14,17,20-21,27-28,39H,15-16,18-19H2,1H3,(H,34,35)(H,36,40)(H,37,41)(H,38,44)(H,42,43);2-6H,1H3/t21-,27-,28+;/m0./s1. The van der Waals surface area contributed by atoms with Gasteiger partial charge >= 0.3 is 12.1 Å². The number of carbonyl (C=O) groups is 4. The molecule has 0 bridgehead atoms. The molecule has 276 valence electrons. The summed E-state index contributed by atoms with van der Waals surface area (Å²) in [4.78, 5) is 57.8. The van der Waals surface area contributed by atoms with Crippen molar-refractivity contribution in [3.05, 3.63) is 150 Å². The van der Waals surface area contributed by atoms with Crippen LogP contribution in [0.15, 0.2) is 122 Å². The van der Waals surface area contributed by atoms with Gasteiger partial charge in [-0.1, -0.05) is 96.6 Å². The number of benzene rings is 4. The topological polar surface area (TPSA) is 192 Å². The zero-order chi connectivity index (χ0) is 38.0. The number of rotatable bonds is 15. The van der Waals surface area contributed by atoms with Crippen LogP contribution in [0.1, 0.15) is 34.9 Å². The number of hydrogen-bond acceptors (Lipinski definition) is 8. The summed E-state index contributed by atoms with van der Waals surface area (Å²) in [6.45, 7) is 3.55. The number of aromatic amines is 1. The highest BCUT2D eigenvalue weighted by Gasteiger charge is 2.29. The third-order valence-electron chi connectivity index (χ3n) is 7.83. The molecule has 53 heavy (non-hydrogen) atoms. The lowest BCUT2D eigenvalue weighted by atomic mass is 10.0. The Hall–Kier alpha value is -6.63. The normalized spacial score (nSPS) is 12.1. The zero-order valence-electron chi connectivity index (χ0n) is 29.4. The van der Waals surface area contributed by atoms with Crippen molar-refractivity contribution < 1.29 is 38.9 Å². The van der Waals surface area contributed by atoms with Crippen molar-refractivity contribution in [2.45, 2.75) is 58.0 Å². The van der Waals surface area contributed by atoms with E-state index in [2.05, 4.69) is 45.0 Å². The average molecular weight is 722 g/mol. The number of carboxylic acids is 1.